The van der Waals surface area contributed by atoms with Gasteiger partial charge in [0.05, 0.1) is 24.1 Å². The summed E-state index contributed by atoms with van der Waals surface area (Å²) in [5.41, 5.74) is 4.27. The first-order valence-corrected chi connectivity index (χ1v) is 11.1. The standard InChI is InChI=1S/C27H29N3O2/c1-21-10-5-8-15-25(21)32-19-9-18-30-24-14-7-6-13-23(24)29-26(30)16-17-28-27(31)20-22-11-3-2-4-12-22/h2-8,10-15H,9,16-20H2,1H3,(H,28,31). The third-order valence-corrected chi connectivity index (χ3v) is 5.49. The average Bonchev–Trinajstić information content (AvgIpc) is 3.16. The fourth-order valence-corrected chi connectivity index (χ4v) is 3.85. The Bertz CT molecular complexity index is 1170. The Morgan fingerprint density at radius 3 is 2.56 bits per heavy atom. The Morgan fingerprint density at radius 2 is 1.72 bits per heavy atom. The normalized spacial score (nSPS) is 10.9. The quantitative estimate of drug-likeness (QED) is 0.373. The van der Waals surface area contributed by atoms with E-state index in [1.807, 2.05) is 66.7 Å². The van der Waals surface area contributed by atoms with Crippen molar-refractivity contribution >= 4 is 16.9 Å². The van der Waals surface area contributed by atoms with Gasteiger partial charge in [0.15, 0.2) is 0 Å². The van der Waals surface area contributed by atoms with Crippen molar-refractivity contribution in [1.82, 2.24) is 14.9 Å². The number of hydrogen-bond acceptors (Lipinski definition) is 3. The van der Waals surface area contributed by atoms with E-state index < -0.39 is 0 Å². The van der Waals surface area contributed by atoms with Crippen molar-refractivity contribution in [2.45, 2.75) is 32.7 Å². The minimum atomic E-state index is 0.0329. The number of aromatic nitrogens is 2. The van der Waals surface area contributed by atoms with Crippen molar-refractivity contribution < 1.29 is 9.53 Å². The number of rotatable bonds is 10. The summed E-state index contributed by atoms with van der Waals surface area (Å²) in [6.45, 7) is 4.09. The number of amides is 1. The maximum atomic E-state index is 12.3. The highest BCUT2D eigenvalue weighted by Crippen LogP contribution is 2.19. The summed E-state index contributed by atoms with van der Waals surface area (Å²) in [4.78, 5) is 17.1. The van der Waals surface area contributed by atoms with Gasteiger partial charge in [0, 0.05) is 19.5 Å². The molecule has 1 amide bonds. The first kappa shape index (κ1) is 21.6. The van der Waals surface area contributed by atoms with Crippen LogP contribution in [0.4, 0.5) is 0 Å². The number of nitrogens with one attached hydrogen (secondary N) is 1. The van der Waals surface area contributed by atoms with Crippen LogP contribution in [0.25, 0.3) is 11.0 Å². The zero-order valence-electron chi connectivity index (χ0n) is 18.5. The van der Waals surface area contributed by atoms with Gasteiger partial charge < -0.3 is 14.6 Å². The molecule has 0 fully saturated rings. The Morgan fingerprint density at radius 1 is 0.969 bits per heavy atom. The smallest absolute Gasteiger partial charge is 0.224 e. The molecular formula is C27H29N3O2. The molecule has 0 atom stereocenters. The molecule has 0 aliphatic heterocycles. The van der Waals surface area contributed by atoms with E-state index in [0.29, 0.717) is 26.0 Å². The van der Waals surface area contributed by atoms with E-state index in [0.717, 1.165) is 46.7 Å². The van der Waals surface area contributed by atoms with Crippen LogP contribution in [0.3, 0.4) is 0 Å². The monoisotopic (exact) mass is 427 g/mol. The van der Waals surface area contributed by atoms with E-state index in [1.165, 1.54) is 0 Å². The fraction of sp³-hybridized carbons (Fsp3) is 0.259. The Hall–Kier alpha value is -3.60. The number of aryl methyl sites for hydroxylation is 2. The van der Waals surface area contributed by atoms with Gasteiger partial charge in [-0.1, -0.05) is 60.7 Å². The van der Waals surface area contributed by atoms with Gasteiger partial charge in [-0.3, -0.25) is 4.79 Å². The second-order valence-corrected chi connectivity index (χ2v) is 7.90. The second-order valence-electron chi connectivity index (χ2n) is 7.90. The average molecular weight is 428 g/mol. The SMILES string of the molecule is Cc1ccccc1OCCCn1c(CCNC(=O)Cc2ccccc2)nc2ccccc21. The van der Waals surface area contributed by atoms with Gasteiger partial charge in [0.2, 0.25) is 5.91 Å². The Kier molecular flexibility index (Phi) is 7.18. The summed E-state index contributed by atoms with van der Waals surface area (Å²) >= 11 is 0. The first-order chi connectivity index (χ1) is 15.7. The van der Waals surface area contributed by atoms with E-state index in [9.17, 15) is 4.79 Å². The molecule has 4 aromatic rings. The molecule has 0 saturated carbocycles. The lowest BCUT2D eigenvalue weighted by Gasteiger charge is -2.12. The number of fused-ring (bicyclic) bond motifs is 1. The summed E-state index contributed by atoms with van der Waals surface area (Å²) in [5, 5.41) is 3.03. The molecule has 5 nitrogen and oxygen atoms in total. The molecule has 1 heterocycles. The highest BCUT2D eigenvalue weighted by molar-refractivity contribution is 5.78. The van der Waals surface area contributed by atoms with Gasteiger partial charge in [0.1, 0.15) is 11.6 Å². The fourth-order valence-electron chi connectivity index (χ4n) is 3.85. The molecule has 3 aromatic carbocycles. The van der Waals surface area contributed by atoms with Gasteiger partial charge in [-0.15, -0.1) is 0 Å². The molecule has 1 N–H and O–H groups in total. The van der Waals surface area contributed by atoms with Crippen LogP contribution in [0.5, 0.6) is 5.75 Å². The lowest BCUT2D eigenvalue weighted by atomic mass is 10.1. The van der Waals surface area contributed by atoms with E-state index in [-0.39, 0.29) is 5.91 Å². The molecule has 1 aromatic heterocycles. The third-order valence-electron chi connectivity index (χ3n) is 5.49. The molecule has 32 heavy (non-hydrogen) atoms. The van der Waals surface area contributed by atoms with Crippen LogP contribution in [0.2, 0.25) is 0 Å². The lowest BCUT2D eigenvalue weighted by molar-refractivity contribution is -0.120. The van der Waals surface area contributed by atoms with Crippen LogP contribution in [0.15, 0.2) is 78.9 Å². The van der Waals surface area contributed by atoms with Crippen molar-refractivity contribution in [1.29, 1.82) is 0 Å². The number of ether oxygens (including phenoxy) is 1. The van der Waals surface area contributed by atoms with E-state index >= 15 is 0 Å². The largest absolute Gasteiger partial charge is 0.493 e. The topological polar surface area (TPSA) is 56.1 Å². The van der Waals surface area contributed by atoms with Gasteiger partial charge in [-0.05, 0) is 42.7 Å². The molecule has 0 bridgehead atoms. The number of carbonyl (C=O) groups excluding carboxylic acids is 1. The summed E-state index contributed by atoms with van der Waals surface area (Å²) in [6, 6.07) is 26.1. The predicted molar refractivity (Wildman–Crippen MR) is 128 cm³/mol. The molecule has 164 valence electrons. The van der Waals surface area contributed by atoms with Gasteiger partial charge in [0.25, 0.3) is 0 Å². The lowest BCUT2D eigenvalue weighted by Crippen LogP contribution is -2.28. The minimum Gasteiger partial charge on any atom is -0.493 e. The third kappa shape index (κ3) is 5.55. The molecule has 0 saturated heterocycles. The molecule has 0 unspecified atom stereocenters. The highest BCUT2D eigenvalue weighted by atomic mass is 16.5. The van der Waals surface area contributed by atoms with Crippen LogP contribution < -0.4 is 10.1 Å². The molecule has 0 aliphatic rings. The predicted octanol–water partition coefficient (Wildman–Crippen LogP) is 4.72. The maximum Gasteiger partial charge on any atom is 0.224 e. The number of carbonyl (C=O) groups is 1. The summed E-state index contributed by atoms with van der Waals surface area (Å²) in [5.74, 6) is 1.96. The van der Waals surface area contributed by atoms with E-state index in [1.54, 1.807) is 0 Å². The van der Waals surface area contributed by atoms with Crippen molar-refractivity contribution in [2.75, 3.05) is 13.2 Å². The van der Waals surface area contributed by atoms with Crippen LogP contribution in [0.1, 0.15) is 23.4 Å². The molecule has 0 spiro atoms. The Labute approximate surface area is 189 Å². The zero-order valence-corrected chi connectivity index (χ0v) is 18.5. The van der Waals surface area contributed by atoms with Gasteiger partial charge in [-0.25, -0.2) is 4.98 Å². The van der Waals surface area contributed by atoms with Gasteiger partial charge >= 0.3 is 0 Å². The summed E-state index contributed by atoms with van der Waals surface area (Å²) in [6.07, 6.45) is 1.96. The van der Waals surface area contributed by atoms with Crippen LogP contribution in [-0.4, -0.2) is 28.6 Å². The van der Waals surface area contributed by atoms with Crippen molar-refractivity contribution in [2.24, 2.45) is 0 Å². The summed E-state index contributed by atoms with van der Waals surface area (Å²) in [7, 11) is 0. The molecule has 0 radical (unpaired) electrons. The van der Waals surface area contributed by atoms with Crippen LogP contribution in [0, 0.1) is 6.92 Å². The van der Waals surface area contributed by atoms with E-state index in [4.69, 9.17) is 9.72 Å². The highest BCUT2D eigenvalue weighted by Gasteiger charge is 2.11. The minimum absolute atomic E-state index is 0.0329. The van der Waals surface area contributed by atoms with Crippen LogP contribution >= 0.6 is 0 Å². The summed E-state index contributed by atoms with van der Waals surface area (Å²) < 4.78 is 8.22. The van der Waals surface area contributed by atoms with Crippen LogP contribution in [-0.2, 0) is 24.2 Å². The second kappa shape index (κ2) is 10.6. The number of para-hydroxylation sites is 3. The van der Waals surface area contributed by atoms with Crippen molar-refractivity contribution in [3.05, 3.63) is 95.8 Å². The number of nitrogens with zero attached hydrogens (tertiary/aromatic N) is 2. The van der Waals surface area contributed by atoms with E-state index in [2.05, 4.69) is 28.9 Å². The molecule has 4 rings (SSSR count). The molecule has 0 aliphatic carbocycles. The van der Waals surface area contributed by atoms with Gasteiger partial charge in [-0.2, -0.15) is 0 Å². The first-order valence-electron chi connectivity index (χ1n) is 11.1. The van der Waals surface area contributed by atoms with Crippen molar-refractivity contribution in [3.63, 3.8) is 0 Å². The molecule has 5 heteroatoms. The zero-order chi connectivity index (χ0) is 22.2. The number of imidazole rings is 1. The van der Waals surface area contributed by atoms with Crippen molar-refractivity contribution in [3.8, 4) is 5.75 Å². The number of benzene rings is 3. The maximum absolute atomic E-state index is 12.3. The Balaban J connectivity index is 1.34. The number of hydrogen-bond donors (Lipinski definition) is 1. The molecular weight excluding hydrogens is 398 g/mol.